The molecule has 3 aliphatic carbocycles. The summed E-state index contributed by atoms with van der Waals surface area (Å²) in [6.07, 6.45) is 10.6. The Morgan fingerprint density at radius 2 is 1.86 bits per heavy atom. The van der Waals surface area contributed by atoms with E-state index in [0.29, 0.717) is 12.6 Å². The molecule has 2 amide bonds. The van der Waals surface area contributed by atoms with E-state index in [1.165, 1.54) is 32.1 Å². The van der Waals surface area contributed by atoms with E-state index in [2.05, 4.69) is 5.32 Å². The minimum absolute atomic E-state index is 0.0514. The fraction of sp³-hybridized carbons (Fsp3) is 0.941. The summed E-state index contributed by atoms with van der Waals surface area (Å²) in [5.41, 5.74) is 0. The predicted octanol–water partition coefficient (Wildman–Crippen LogP) is 2.76. The van der Waals surface area contributed by atoms with Gasteiger partial charge in [0.05, 0.1) is 6.10 Å². The van der Waals surface area contributed by atoms with E-state index in [-0.39, 0.29) is 18.1 Å². The van der Waals surface area contributed by atoms with Crippen LogP contribution in [0.1, 0.15) is 57.8 Å². The zero-order valence-corrected chi connectivity index (χ0v) is 13.3. The third kappa shape index (κ3) is 3.91. The second-order valence-corrected chi connectivity index (χ2v) is 7.55. The number of hydrogen-bond donors (Lipinski definition) is 2. The lowest BCUT2D eigenvalue weighted by molar-refractivity contribution is 0.112. The Hall–Kier alpha value is -0.770. The van der Waals surface area contributed by atoms with E-state index in [0.717, 1.165) is 37.5 Å². The number of nitrogens with zero attached hydrogens (tertiary/aromatic N) is 1. The molecule has 0 aromatic carbocycles. The van der Waals surface area contributed by atoms with Gasteiger partial charge < -0.3 is 15.3 Å². The Bertz CT molecular complexity index is 370. The molecule has 120 valence electrons. The average molecular weight is 294 g/mol. The van der Waals surface area contributed by atoms with Crippen molar-refractivity contribution in [1.29, 1.82) is 0 Å². The fourth-order valence-electron chi connectivity index (χ4n) is 4.30. The lowest BCUT2D eigenvalue weighted by Gasteiger charge is -2.32. The van der Waals surface area contributed by atoms with Crippen molar-refractivity contribution in [3.63, 3.8) is 0 Å². The van der Waals surface area contributed by atoms with E-state index in [9.17, 15) is 9.90 Å². The molecule has 0 aromatic rings. The van der Waals surface area contributed by atoms with E-state index < -0.39 is 0 Å². The van der Waals surface area contributed by atoms with Crippen LogP contribution >= 0.6 is 0 Å². The number of nitrogens with one attached hydrogen (secondary N) is 1. The van der Waals surface area contributed by atoms with E-state index >= 15 is 0 Å². The number of rotatable bonds is 4. The van der Waals surface area contributed by atoms with Crippen LogP contribution in [0.15, 0.2) is 0 Å². The van der Waals surface area contributed by atoms with Gasteiger partial charge in [0.1, 0.15) is 0 Å². The van der Waals surface area contributed by atoms with Crippen LogP contribution < -0.4 is 5.32 Å². The third-order valence-corrected chi connectivity index (χ3v) is 5.81. The first-order valence-electron chi connectivity index (χ1n) is 8.83. The Morgan fingerprint density at radius 1 is 1.10 bits per heavy atom. The minimum atomic E-state index is -0.214. The maximum Gasteiger partial charge on any atom is 0.317 e. The smallest absolute Gasteiger partial charge is 0.317 e. The van der Waals surface area contributed by atoms with Crippen molar-refractivity contribution in [3.8, 4) is 0 Å². The van der Waals surface area contributed by atoms with Gasteiger partial charge in [0, 0.05) is 25.6 Å². The van der Waals surface area contributed by atoms with Gasteiger partial charge >= 0.3 is 6.03 Å². The Labute approximate surface area is 128 Å². The molecule has 4 atom stereocenters. The van der Waals surface area contributed by atoms with E-state index in [4.69, 9.17) is 0 Å². The molecule has 0 heterocycles. The zero-order chi connectivity index (χ0) is 14.8. The fourth-order valence-corrected chi connectivity index (χ4v) is 4.30. The summed E-state index contributed by atoms with van der Waals surface area (Å²) in [6, 6.07) is 0.420. The molecule has 0 radical (unpaired) electrons. The van der Waals surface area contributed by atoms with Crippen molar-refractivity contribution < 1.29 is 9.90 Å². The van der Waals surface area contributed by atoms with Crippen LogP contribution in [-0.2, 0) is 0 Å². The molecular weight excluding hydrogens is 264 g/mol. The summed E-state index contributed by atoms with van der Waals surface area (Å²) in [7, 11) is 1.86. The molecule has 4 unspecified atom stereocenters. The van der Waals surface area contributed by atoms with Gasteiger partial charge in [-0.1, -0.05) is 19.3 Å². The number of amides is 2. The highest BCUT2D eigenvalue weighted by molar-refractivity contribution is 5.74. The van der Waals surface area contributed by atoms with Crippen LogP contribution in [0, 0.1) is 17.8 Å². The predicted molar refractivity (Wildman–Crippen MR) is 83.0 cm³/mol. The second-order valence-electron chi connectivity index (χ2n) is 7.55. The summed E-state index contributed by atoms with van der Waals surface area (Å²) >= 11 is 0. The molecule has 0 saturated heterocycles. The first kappa shape index (κ1) is 15.1. The van der Waals surface area contributed by atoms with Crippen molar-refractivity contribution in [2.45, 2.75) is 69.9 Å². The van der Waals surface area contributed by atoms with Gasteiger partial charge in [0.25, 0.3) is 0 Å². The molecular formula is C17H30N2O2. The molecule has 2 N–H and O–H groups in total. The molecule has 0 aromatic heterocycles. The summed E-state index contributed by atoms with van der Waals surface area (Å²) in [4.78, 5) is 14.1. The van der Waals surface area contributed by atoms with Crippen LogP contribution in [0.4, 0.5) is 4.79 Å². The maximum atomic E-state index is 12.3. The van der Waals surface area contributed by atoms with Gasteiger partial charge in [0.15, 0.2) is 0 Å². The maximum absolute atomic E-state index is 12.3. The van der Waals surface area contributed by atoms with Crippen molar-refractivity contribution >= 4 is 6.03 Å². The molecule has 3 aliphatic rings. The quantitative estimate of drug-likeness (QED) is 0.837. The number of hydrogen-bond acceptors (Lipinski definition) is 2. The first-order valence-corrected chi connectivity index (χ1v) is 8.83. The van der Waals surface area contributed by atoms with Crippen molar-refractivity contribution in [3.05, 3.63) is 0 Å². The number of carbonyl (C=O) groups excluding carboxylic acids is 1. The number of carbonyl (C=O) groups is 1. The average Bonchev–Trinajstić information content (AvgIpc) is 3.24. The molecule has 0 bridgehead atoms. The highest BCUT2D eigenvalue weighted by atomic mass is 16.3. The van der Waals surface area contributed by atoms with Gasteiger partial charge in [-0.3, -0.25) is 0 Å². The standard InChI is InChI=1S/C17H30N2O2/c1-19(11-14-5-3-7-16(14)20)17(21)18-15-6-2-4-13(10-15)12-8-9-12/h12-16,20H,2-11H2,1H3,(H,18,21). The van der Waals surface area contributed by atoms with Crippen LogP contribution in [-0.4, -0.2) is 41.8 Å². The Morgan fingerprint density at radius 3 is 2.52 bits per heavy atom. The first-order chi connectivity index (χ1) is 10.1. The van der Waals surface area contributed by atoms with Crippen molar-refractivity contribution in [2.24, 2.45) is 17.8 Å². The van der Waals surface area contributed by atoms with Crippen LogP contribution in [0.3, 0.4) is 0 Å². The number of aliphatic hydroxyl groups excluding tert-OH is 1. The van der Waals surface area contributed by atoms with Gasteiger partial charge in [-0.25, -0.2) is 4.79 Å². The van der Waals surface area contributed by atoms with Gasteiger partial charge in [0.2, 0.25) is 0 Å². The topological polar surface area (TPSA) is 52.6 Å². The molecule has 3 rings (SSSR count). The molecule has 3 saturated carbocycles. The minimum Gasteiger partial charge on any atom is -0.393 e. The molecule has 0 aliphatic heterocycles. The molecule has 4 nitrogen and oxygen atoms in total. The van der Waals surface area contributed by atoms with E-state index in [1.807, 2.05) is 7.05 Å². The lowest BCUT2D eigenvalue weighted by Crippen LogP contribution is -2.46. The Kier molecular flexibility index (Phi) is 4.72. The lowest BCUT2D eigenvalue weighted by atomic mass is 9.83. The normalized spacial score (nSPS) is 36.5. The third-order valence-electron chi connectivity index (χ3n) is 5.81. The van der Waals surface area contributed by atoms with Crippen LogP contribution in [0.2, 0.25) is 0 Å². The van der Waals surface area contributed by atoms with Crippen molar-refractivity contribution in [1.82, 2.24) is 10.2 Å². The zero-order valence-electron chi connectivity index (χ0n) is 13.3. The molecule has 4 heteroatoms. The largest absolute Gasteiger partial charge is 0.393 e. The summed E-state index contributed by atoms with van der Waals surface area (Å²) in [6.45, 7) is 0.686. The van der Waals surface area contributed by atoms with Gasteiger partial charge in [-0.15, -0.1) is 0 Å². The second kappa shape index (κ2) is 6.55. The van der Waals surface area contributed by atoms with E-state index in [1.54, 1.807) is 4.90 Å². The molecule has 0 spiro atoms. The number of aliphatic hydroxyl groups is 1. The van der Waals surface area contributed by atoms with Crippen LogP contribution in [0.5, 0.6) is 0 Å². The number of urea groups is 1. The van der Waals surface area contributed by atoms with Gasteiger partial charge in [-0.2, -0.15) is 0 Å². The Balaban J connectivity index is 1.44. The van der Waals surface area contributed by atoms with Crippen LogP contribution in [0.25, 0.3) is 0 Å². The summed E-state index contributed by atoms with van der Waals surface area (Å²) < 4.78 is 0. The van der Waals surface area contributed by atoms with Gasteiger partial charge in [-0.05, 0) is 50.4 Å². The summed E-state index contributed by atoms with van der Waals surface area (Å²) in [5.74, 6) is 2.08. The molecule has 21 heavy (non-hydrogen) atoms. The summed E-state index contributed by atoms with van der Waals surface area (Å²) in [5, 5.41) is 13.1. The molecule has 3 fully saturated rings. The van der Waals surface area contributed by atoms with Crippen molar-refractivity contribution in [2.75, 3.05) is 13.6 Å². The highest BCUT2D eigenvalue weighted by Gasteiger charge is 2.35. The monoisotopic (exact) mass is 294 g/mol. The highest BCUT2D eigenvalue weighted by Crippen LogP contribution is 2.43. The SMILES string of the molecule is CN(CC1CCCC1O)C(=O)NC1CCCC(C2CC2)C1.